The highest BCUT2D eigenvalue weighted by Gasteiger charge is 2.34. The maximum Gasteiger partial charge on any atom is 0.325 e. The van der Waals surface area contributed by atoms with E-state index in [1.54, 1.807) is 23.5 Å². The number of carbonyl (C=O) groups excluding carboxylic acids is 2. The van der Waals surface area contributed by atoms with Gasteiger partial charge in [-0.25, -0.2) is 4.39 Å². The second kappa shape index (κ2) is 6.64. The van der Waals surface area contributed by atoms with Crippen LogP contribution in [-0.4, -0.2) is 37.8 Å². The lowest BCUT2D eigenvalue weighted by Gasteiger charge is -2.19. The molecule has 0 bridgehead atoms. The third kappa shape index (κ3) is 2.82. The van der Waals surface area contributed by atoms with Crippen LogP contribution in [-0.2, 0) is 27.2 Å². The van der Waals surface area contributed by atoms with Gasteiger partial charge in [-0.05, 0) is 49.1 Å². The number of carbonyl (C=O) groups is 2. The second-order valence-corrected chi connectivity index (χ2v) is 7.35. The Balaban J connectivity index is 1.87. The van der Waals surface area contributed by atoms with Crippen LogP contribution in [0.2, 0.25) is 0 Å². The summed E-state index contributed by atoms with van der Waals surface area (Å²) >= 11 is 1.55. The molecule has 0 radical (unpaired) electrons. The molecule has 5 nitrogen and oxygen atoms in total. The molecule has 26 heavy (non-hydrogen) atoms. The van der Waals surface area contributed by atoms with E-state index in [1.807, 2.05) is 0 Å². The van der Waals surface area contributed by atoms with Crippen molar-refractivity contribution in [1.29, 1.82) is 0 Å². The van der Waals surface area contributed by atoms with E-state index < -0.39 is 5.97 Å². The van der Waals surface area contributed by atoms with Crippen LogP contribution in [0.4, 0.5) is 9.39 Å². The fraction of sp³-hybridized carbons (Fsp3) is 0.316. The number of aryl methyl sites for hydroxylation is 1. The van der Waals surface area contributed by atoms with Crippen molar-refractivity contribution in [2.45, 2.75) is 19.3 Å². The molecule has 4 rings (SSSR count). The van der Waals surface area contributed by atoms with E-state index in [-0.39, 0.29) is 24.8 Å². The Kier molecular flexibility index (Phi) is 4.32. The summed E-state index contributed by atoms with van der Waals surface area (Å²) in [6, 6.07) is 6.14. The molecule has 2 aliphatic rings. The van der Waals surface area contributed by atoms with Crippen LogP contribution in [0, 0.1) is 5.82 Å². The first kappa shape index (κ1) is 16.9. The standard InChI is InChI=1S/C19H17FN2O3S/c1-25-16(24)10-22-15(23)9-21-18(11-5-7-12(20)8-6-11)17-13-3-2-4-14(13)26-19(17)22/h5-8H,2-4,9-10H2,1H3. The van der Waals surface area contributed by atoms with Crippen molar-refractivity contribution in [3.8, 4) is 0 Å². The van der Waals surface area contributed by atoms with E-state index >= 15 is 0 Å². The van der Waals surface area contributed by atoms with Crippen molar-refractivity contribution in [2.24, 2.45) is 4.99 Å². The van der Waals surface area contributed by atoms with Crippen molar-refractivity contribution in [3.05, 3.63) is 51.7 Å². The van der Waals surface area contributed by atoms with E-state index in [0.717, 1.165) is 35.4 Å². The van der Waals surface area contributed by atoms with Gasteiger partial charge in [-0.1, -0.05) is 0 Å². The number of methoxy groups -OCH3 is 1. The minimum Gasteiger partial charge on any atom is -0.468 e. The molecule has 0 saturated carbocycles. The van der Waals surface area contributed by atoms with Crippen LogP contribution in [0.3, 0.4) is 0 Å². The summed E-state index contributed by atoms with van der Waals surface area (Å²) in [5, 5.41) is 0.741. The quantitative estimate of drug-likeness (QED) is 0.779. The van der Waals surface area contributed by atoms with Crippen molar-refractivity contribution >= 4 is 33.9 Å². The van der Waals surface area contributed by atoms with Gasteiger partial charge in [-0.2, -0.15) is 0 Å². The number of hydrogen-bond acceptors (Lipinski definition) is 5. The number of thiophene rings is 1. The smallest absolute Gasteiger partial charge is 0.325 e. The summed E-state index contributed by atoms with van der Waals surface area (Å²) in [6.45, 7) is -0.187. The number of esters is 1. The molecule has 0 unspecified atom stereocenters. The van der Waals surface area contributed by atoms with Crippen LogP contribution in [0.1, 0.15) is 28.0 Å². The van der Waals surface area contributed by atoms with E-state index in [2.05, 4.69) is 4.99 Å². The number of ether oxygens (including phenoxy) is 1. The fourth-order valence-corrected chi connectivity index (χ4v) is 4.85. The minimum absolute atomic E-state index is 0.0557. The molecule has 1 aromatic heterocycles. The summed E-state index contributed by atoms with van der Waals surface area (Å²) in [5.74, 6) is -1.03. The molecule has 2 aromatic rings. The summed E-state index contributed by atoms with van der Waals surface area (Å²) in [7, 11) is 1.31. The van der Waals surface area contributed by atoms with Gasteiger partial charge in [0.1, 0.15) is 23.9 Å². The van der Waals surface area contributed by atoms with E-state index in [1.165, 1.54) is 34.6 Å². The number of halogens is 1. The molecule has 1 amide bonds. The van der Waals surface area contributed by atoms with E-state index in [9.17, 15) is 14.0 Å². The van der Waals surface area contributed by atoms with E-state index in [4.69, 9.17) is 4.74 Å². The zero-order chi connectivity index (χ0) is 18.3. The first-order chi connectivity index (χ1) is 12.6. The largest absolute Gasteiger partial charge is 0.468 e. The Morgan fingerprint density at radius 1 is 1.31 bits per heavy atom. The number of aliphatic imine (C=N–C) groups is 1. The van der Waals surface area contributed by atoms with Gasteiger partial charge in [0.05, 0.1) is 12.8 Å². The normalized spacial score (nSPS) is 16.0. The predicted octanol–water partition coefficient (Wildman–Crippen LogP) is 2.73. The van der Waals surface area contributed by atoms with Crippen molar-refractivity contribution < 1.29 is 18.7 Å². The molecule has 0 spiro atoms. The summed E-state index contributed by atoms with van der Waals surface area (Å²) in [6.07, 6.45) is 2.95. The van der Waals surface area contributed by atoms with Crippen molar-refractivity contribution in [3.63, 3.8) is 0 Å². The van der Waals surface area contributed by atoms with Gasteiger partial charge in [0.2, 0.25) is 5.91 Å². The average Bonchev–Trinajstić information content (AvgIpc) is 3.19. The molecule has 2 heterocycles. The zero-order valence-electron chi connectivity index (χ0n) is 14.3. The second-order valence-electron chi connectivity index (χ2n) is 6.27. The maximum atomic E-state index is 13.3. The van der Waals surface area contributed by atoms with Gasteiger partial charge < -0.3 is 4.74 Å². The van der Waals surface area contributed by atoms with Gasteiger partial charge >= 0.3 is 5.97 Å². The number of anilines is 1. The predicted molar refractivity (Wildman–Crippen MR) is 97.6 cm³/mol. The molecular weight excluding hydrogens is 355 g/mol. The summed E-state index contributed by atoms with van der Waals surface area (Å²) < 4.78 is 18.1. The highest BCUT2D eigenvalue weighted by Crippen LogP contribution is 2.43. The van der Waals surface area contributed by atoms with Crippen LogP contribution < -0.4 is 4.90 Å². The molecule has 0 saturated heterocycles. The molecule has 0 N–H and O–H groups in total. The molecule has 1 aliphatic heterocycles. The Morgan fingerprint density at radius 2 is 2.08 bits per heavy atom. The Hall–Kier alpha value is -2.54. The molecular formula is C19H17FN2O3S. The number of hydrogen-bond donors (Lipinski definition) is 0. The number of nitrogens with zero attached hydrogens (tertiary/aromatic N) is 2. The highest BCUT2D eigenvalue weighted by atomic mass is 32.1. The average molecular weight is 372 g/mol. The number of rotatable bonds is 3. The van der Waals surface area contributed by atoms with Gasteiger partial charge in [0.25, 0.3) is 0 Å². The number of fused-ring (bicyclic) bond motifs is 3. The summed E-state index contributed by atoms with van der Waals surface area (Å²) in [4.78, 5) is 31.7. The van der Waals surface area contributed by atoms with Gasteiger partial charge in [-0.15, -0.1) is 11.3 Å². The summed E-state index contributed by atoms with van der Waals surface area (Å²) in [5.41, 5.74) is 3.56. The van der Waals surface area contributed by atoms with Gasteiger partial charge in [-0.3, -0.25) is 19.5 Å². The molecule has 7 heteroatoms. The van der Waals surface area contributed by atoms with Crippen LogP contribution in [0.25, 0.3) is 0 Å². The van der Waals surface area contributed by atoms with Crippen LogP contribution in [0.15, 0.2) is 29.3 Å². The van der Waals surface area contributed by atoms with Crippen LogP contribution >= 0.6 is 11.3 Å². The lowest BCUT2D eigenvalue weighted by Crippen LogP contribution is -2.37. The first-order valence-corrected chi connectivity index (χ1v) is 9.22. The Bertz CT molecular complexity index is 918. The third-order valence-corrected chi connectivity index (χ3v) is 6.01. The Labute approximate surface area is 154 Å². The number of benzene rings is 1. The van der Waals surface area contributed by atoms with Gasteiger partial charge in [0.15, 0.2) is 0 Å². The zero-order valence-corrected chi connectivity index (χ0v) is 15.1. The lowest BCUT2D eigenvalue weighted by atomic mass is 9.99. The van der Waals surface area contributed by atoms with Crippen molar-refractivity contribution in [1.82, 2.24) is 0 Å². The van der Waals surface area contributed by atoms with Gasteiger partial charge in [0, 0.05) is 16.0 Å². The van der Waals surface area contributed by atoms with Crippen molar-refractivity contribution in [2.75, 3.05) is 25.1 Å². The molecule has 1 aliphatic carbocycles. The molecule has 0 fully saturated rings. The SMILES string of the molecule is COC(=O)CN1C(=O)CN=C(c2ccc(F)cc2)c2c1sc1c2CCC1. The lowest BCUT2D eigenvalue weighted by molar-refractivity contribution is -0.139. The third-order valence-electron chi connectivity index (χ3n) is 4.69. The topological polar surface area (TPSA) is 59.0 Å². The molecule has 0 atom stereocenters. The number of amides is 1. The molecule has 134 valence electrons. The van der Waals surface area contributed by atoms with E-state index in [0.29, 0.717) is 5.71 Å². The Morgan fingerprint density at radius 3 is 2.81 bits per heavy atom. The monoisotopic (exact) mass is 372 g/mol. The van der Waals surface area contributed by atoms with Crippen LogP contribution in [0.5, 0.6) is 0 Å². The first-order valence-electron chi connectivity index (χ1n) is 8.41. The minimum atomic E-state index is -0.469. The highest BCUT2D eigenvalue weighted by molar-refractivity contribution is 7.17. The maximum absolute atomic E-state index is 13.3. The molecule has 1 aromatic carbocycles. The fourth-order valence-electron chi connectivity index (χ4n) is 3.45.